The fourth-order valence-corrected chi connectivity index (χ4v) is 4.81. The van der Waals surface area contributed by atoms with Crippen molar-refractivity contribution < 1.29 is 9.53 Å². The Morgan fingerprint density at radius 1 is 1.14 bits per heavy atom. The Balaban J connectivity index is 0.00000225. The van der Waals surface area contributed by atoms with Crippen LogP contribution in [0.2, 0.25) is 0 Å². The molecule has 0 aliphatic carbocycles. The number of aromatic nitrogens is 1. The van der Waals surface area contributed by atoms with Crippen LogP contribution in [0.5, 0.6) is 5.75 Å². The number of ether oxygens (including phenoxy) is 1. The SMILES string of the molecule is COc1ccc(-n2c(C)cc(C(=O)N(C)C3CC4CCC(C3)N4)c2C)cc1.Cl. The molecular formula is C22H30ClN3O2. The second-order valence-corrected chi connectivity index (χ2v) is 8.00. The fraction of sp³-hybridized carbons (Fsp3) is 0.500. The topological polar surface area (TPSA) is 46.5 Å². The Hall–Kier alpha value is -1.98. The van der Waals surface area contributed by atoms with E-state index in [1.54, 1.807) is 7.11 Å². The van der Waals surface area contributed by atoms with Gasteiger partial charge in [-0.2, -0.15) is 0 Å². The molecule has 2 saturated heterocycles. The van der Waals surface area contributed by atoms with Crippen LogP contribution in [0, 0.1) is 13.8 Å². The fourth-order valence-electron chi connectivity index (χ4n) is 4.81. The van der Waals surface area contributed by atoms with Crippen molar-refractivity contribution in [2.24, 2.45) is 0 Å². The molecule has 0 radical (unpaired) electrons. The first-order valence-electron chi connectivity index (χ1n) is 9.84. The zero-order chi connectivity index (χ0) is 19.1. The van der Waals surface area contributed by atoms with Gasteiger partial charge in [0.25, 0.3) is 5.91 Å². The number of hydrogen-bond donors (Lipinski definition) is 1. The van der Waals surface area contributed by atoms with Gasteiger partial charge < -0.3 is 19.5 Å². The van der Waals surface area contributed by atoms with Crippen LogP contribution < -0.4 is 10.1 Å². The van der Waals surface area contributed by atoms with E-state index in [0.29, 0.717) is 18.1 Å². The molecule has 1 N–H and O–H groups in total. The first-order valence-corrected chi connectivity index (χ1v) is 9.84. The monoisotopic (exact) mass is 403 g/mol. The minimum atomic E-state index is 0. The van der Waals surface area contributed by atoms with Crippen LogP contribution >= 0.6 is 12.4 Å². The zero-order valence-electron chi connectivity index (χ0n) is 17.1. The van der Waals surface area contributed by atoms with Crippen LogP contribution in [-0.4, -0.2) is 47.7 Å². The van der Waals surface area contributed by atoms with Gasteiger partial charge in [0, 0.05) is 42.2 Å². The quantitative estimate of drug-likeness (QED) is 0.842. The second-order valence-electron chi connectivity index (χ2n) is 8.00. The van der Waals surface area contributed by atoms with E-state index in [9.17, 15) is 4.79 Å². The molecule has 1 aromatic carbocycles. The molecule has 2 aliphatic heterocycles. The highest BCUT2D eigenvalue weighted by Crippen LogP contribution is 2.31. The number of halogens is 1. The van der Waals surface area contributed by atoms with Crippen molar-refractivity contribution >= 4 is 18.3 Å². The molecule has 2 unspecified atom stereocenters. The van der Waals surface area contributed by atoms with Crippen molar-refractivity contribution in [3.05, 3.63) is 47.3 Å². The van der Waals surface area contributed by atoms with E-state index in [2.05, 4.69) is 16.8 Å². The van der Waals surface area contributed by atoms with Gasteiger partial charge in [0.15, 0.2) is 0 Å². The van der Waals surface area contributed by atoms with Crippen molar-refractivity contribution in [2.45, 2.75) is 57.7 Å². The Labute approximate surface area is 173 Å². The molecule has 3 heterocycles. The molecular weight excluding hydrogens is 374 g/mol. The highest BCUT2D eigenvalue weighted by Gasteiger charge is 2.37. The third kappa shape index (κ3) is 3.65. The van der Waals surface area contributed by atoms with E-state index in [1.165, 1.54) is 12.8 Å². The van der Waals surface area contributed by atoms with E-state index in [1.807, 2.05) is 49.2 Å². The summed E-state index contributed by atoms with van der Waals surface area (Å²) in [6.45, 7) is 4.09. The number of amides is 1. The van der Waals surface area contributed by atoms with Crippen LogP contribution in [0.15, 0.2) is 30.3 Å². The van der Waals surface area contributed by atoms with Crippen LogP contribution in [0.3, 0.4) is 0 Å². The van der Waals surface area contributed by atoms with Crippen molar-refractivity contribution in [1.82, 2.24) is 14.8 Å². The molecule has 5 nitrogen and oxygen atoms in total. The average Bonchev–Trinajstić information content (AvgIpc) is 3.18. The summed E-state index contributed by atoms with van der Waals surface area (Å²) in [5, 5.41) is 3.66. The Kier molecular flexibility index (Phi) is 6.06. The summed E-state index contributed by atoms with van der Waals surface area (Å²) >= 11 is 0. The highest BCUT2D eigenvalue weighted by atomic mass is 35.5. The number of hydrogen-bond acceptors (Lipinski definition) is 3. The zero-order valence-corrected chi connectivity index (χ0v) is 17.9. The minimum absolute atomic E-state index is 0. The lowest BCUT2D eigenvalue weighted by molar-refractivity contribution is 0.0681. The molecule has 28 heavy (non-hydrogen) atoms. The summed E-state index contributed by atoms with van der Waals surface area (Å²) in [4.78, 5) is 15.2. The first-order chi connectivity index (χ1) is 13.0. The van der Waals surface area contributed by atoms with Gasteiger partial charge in [0.1, 0.15) is 5.75 Å². The molecule has 2 aromatic rings. The molecule has 2 bridgehead atoms. The third-order valence-electron chi connectivity index (χ3n) is 6.31. The normalized spacial score (nSPS) is 23.2. The number of carbonyl (C=O) groups excluding carboxylic acids is 1. The maximum Gasteiger partial charge on any atom is 0.255 e. The Bertz CT molecular complexity index is 834. The maximum atomic E-state index is 13.3. The van der Waals surface area contributed by atoms with Crippen molar-refractivity contribution in [3.63, 3.8) is 0 Å². The lowest BCUT2D eigenvalue weighted by atomic mass is 9.98. The average molecular weight is 404 g/mol. The highest BCUT2D eigenvalue weighted by molar-refractivity contribution is 5.96. The molecule has 1 amide bonds. The Morgan fingerprint density at radius 2 is 1.75 bits per heavy atom. The molecule has 4 rings (SSSR count). The second kappa shape index (κ2) is 8.18. The smallest absolute Gasteiger partial charge is 0.255 e. The van der Waals surface area contributed by atoms with Crippen molar-refractivity contribution in [1.29, 1.82) is 0 Å². The molecule has 6 heteroatoms. The molecule has 0 saturated carbocycles. The summed E-state index contributed by atoms with van der Waals surface area (Å²) in [6.07, 6.45) is 4.62. The van der Waals surface area contributed by atoms with Gasteiger partial charge in [-0.3, -0.25) is 4.79 Å². The number of fused-ring (bicyclic) bond motifs is 2. The first kappa shape index (κ1) is 20.7. The van der Waals surface area contributed by atoms with Gasteiger partial charge in [-0.25, -0.2) is 0 Å². The van der Waals surface area contributed by atoms with E-state index < -0.39 is 0 Å². The van der Waals surface area contributed by atoms with Crippen LogP contribution in [-0.2, 0) is 0 Å². The van der Waals surface area contributed by atoms with Gasteiger partial charge >= 0.3 is 0 Å². The van der Waals surface area contributed by atoms with E-state index in [-0.39, 0.29) is 18.3 Å². The number of benzene rings is 1. The van der Waals surface area contributed by atoms with Gasteiger partial charge in [-0.15, -0.1) is 12.4 Å². The van der Waals surface area contributed by atoms with Gasteiger partial charge in [-0.1, -0.05) is 0 Å². The van der Waals surface area contributed by atoms with Crippen LogP contribution in [0.1, 0.15) is 47.4 Å². The third-order valence-corrected chi connectivity index (χ3v) is 6.31. The molecule has 152 valence electrons. The van der Waals surface area contributed by atoms with E-state index >= 15 is 0 Å². The summed E-state index contributed by atoms with van der Waals surface area (Å²) < 4.78 is 7.40. The number of carbonyl (C=O) groups is 1. The lowest BCUT2D eigenvalue weighted by Crippen LogP contribution is -2.48. The van der Waals surface area contributed by atoms with Crippen LogP contribution in [0.4, 0.5) is 0 Å². The lowest BCUT2D eigenvalue weighted by Gasteiger charge is -2.35. The number of aryl methyl sites for hydroxylation is 1. The molecule has 0 spiro atoms. The van der Waals surface area contributed by atoms with E-state index in [4.69, 9.17) is 4.74 Å². The van der Waals surface area contributed by atoms with Gasteiger partial charge in [-0.05, 0) is 69.9 Å². The summed E-state index contributed by atoms with van der Waals surface area (Å²) in [7, 11) is 3.64. The number of nitrogens with one attached hydrogen (secondary N) is 1. The largest absolute Gasteiger partial charge is 0.497 e. The standard InChI is InChI=1S/C22H29N3O2.ClH/c1-14-11-21(15(2)25(14)18-7-9-20(27-4)10-8-18)22(26)24(3)19-12-16-5-6-17(13-19)23-16;/h7-11,16-17,19,23H,5-6,12-13H2,1-4H3;1H. The predicted molar refractivity (Wildman–Crippen MR) is 114 cm³/mol. The van der Waals surface area contributed by atoms with E-state index in [0.717, 1.165) is 41.2 Å². The molecule has 2 atom stereocenters. The van der Waals surface area contributed by atoms with Crippen molar-refractivity contribution in [3.8, 4) is 11.4 Å². The number of methoxy groups -OCH3 is 1. The summed E-state index contributed by atoms with van der Waals surface area (Å²) in [6, 6.07) is 11.5. The predicted octanol–water partition coefficient (Wildman–Crippen LogP) is 3.88. The minimum Gasteiger partial charge on any atom is -0.497 e. The summed E-state index contributed by atoms with van der Waals surface area (Å²) in [5.74, 6) is 0.965. The van der Waals surface area contributed by atoms with Gasteiger partial charge in [0.2, 0.25) is 0 Å². The summed E-state index contributed by atoms with van der Waals surface area (Å²) in [5.41, 5.74) is 3.91. The number of nitrogens with zero attached hydrogens (tertiary/aromatic N) is 2. The molecule has 2 aliphatic rings. The van der Waals surface area contributed by atoms with Crippen molar-refractivity contribution in [2.75, 3.05) is 14.2 Å². The maximum absolute atomic E-state index is 13.3. The van der Waals surface area contributed by atoms with Crippen LogP contribution in [0.25, 0.3) is 5.69 Å². The number of rotatable bonds is 4. The molecule has 1 aromatic heterocycles. The Morgan fingerprint density at radius 3 is 2.32 bits per heavy atom. The molecule has 2 fully saturated rings. The number of piperidine rings is 1. The van der Waals surface area contributed by atoms with Gasteiger partial charge in [0.05, 0.1) is 12.7 Å².